The molecule has 26 heavy (non-hydrogen) atoms. The van der Waals surface area contributed by atoms with E-state index < -0.39 is 17.6 Å². The van der Waals surface area contributed by atoms with Gasteiger partial charge in [0.2, 0.25) is 0 Å². The van der Waals surface area contributed by atoms with Crippen molar-refractivity contribution in [3.63, 3.8) is 0 Å². The molecule has 1 aliphatic rings. The van der Waals surface area contributed by atoms with E-state index in [2.05, 4.69) is 13.2 Å². The molecule has 0 aromatic heterocycles. The predicted octanol–water partition coefficient (Wildman–Crippen LogP) is 6.57. The molecule has 0 aliphatic carbocycles. The smallest absolute Gasteiger partial charge is 0.329 e. The maximum atomic E-state index is 13.3. The van der Waals surface area contributed by atoms with Gasteiger partial charge in [-0.25, -0.2) is 0 Å². The molecule has 1 heterocycles. The van der Waals surface area contributed by atoms with Crippen LogP contribution in [-0.4, -0.2) is 29.1 Å². The molecule has 0 aromatic rings. The van der Waals surface area contributed by atoms with Crippen molar-refractivity contribution in [2.24, 2.45) is 0 Å². The van der Waals surface area contributed by atoms with E-state index in [4.69, 9.17) is 0 Å². The van der Waals surface area contributed by atoms with Gasteiger partial charge in [-0.3, -0.25) is 4.79 Å². The lowest BCUT2D eigenvalue weighted by atomic mass is 9.82. The highest BCUT2D eigenvalue weighted by molar-refractivity contribution is 5.82. The second kappa shape index (κ2) is 11.5. The first-order valence-electron chi connectivity index (χ1n) is 9.98. The number of hydrogen-bond acceptors (Lipinski definition) is 1. The molecular weight excluding hydrogens is 339 g/mol. The summed E-state index contributed by atoms with van der Waals surface area (Å²) in [5, 5.41) is 0. The number of carbonyl (C=O) groups is 1. The van der Waals surface area contributed by atoms with Crippen molar-refractivity contribution in [1.29, 1.82) is 0 Å². The van der Waals surface area contributed by atoms with Crippen LogP contribution in [0.25, 0.3) is 0 Å². The topological polar surface area (TPSA) is 20.3 Å². The van der Waals surface area contributed by atoms with E-state index in [1.165, 1.54) is 19.3 Å². The molecule has 0 unspecified atom stereocenters. The zero-order chi connectivity index (χ0) is 19.5. The van der Waals surface area contributed by atoms with Gasteiger partial charge in [0.1, 0.15) is 0 Å². The van der Waals surface area contributed by atoms with Crippen LogP contribution in [0.4, 0.5) is 13.2 Å². The highest BCUT2D eigenvalue weighted by Crippen LogP contribution is 2.35. The van der Waals surface area contributed by atoms with Crippen LogP contribution in [0.5, 0.6) is 0 Å². The third-order valence-corrected chi connectivity index (χ3v) is 5.38. The van der Waals surface area contributed by atoms with Gasteiger partial charge < -0.3 is 4.90 Å². The van der Waals surface area contributed by atoms with Gasteiger partial charge in [-0.1, -0.05) is 69.9 Å². The third-order valence-electron chi connectivity index (χ3n) is 5.38. The van der Waals surface area contributed by atoms with E-state index >= 15 is 0 Å². The van der Waals surface area contributed by atoms with E-state index in [0.29, 0.717) is 25.7 Å². The number of alkyl halides is 3. The van der Waals surface area contributed by atoms with Gasteiger partial charge in [0.25, 0.3) is 0 Å². The number of halogens is 3. The van der Waals surface area contributed by atoms with Crippen LogP contribution in [0.3, 0.4) is 0 Å². The summed E-state index contributed by atoms with van der Waals surface area (Å²) < 4.78 is 39.9. The zero-order valence-corrected chi connectivity index (χ0v) is 16.0. The van der Waals surface area contributed by atoms with Crippen LogP contribution in [0.1, 0.15) is 83.5 Å². The molecule has 1 rings (SSSR count). The van der Waals surface area contributed by atoms with Crippen molar-refractivity contribution >= 4 is 5.91 Å². The molecule has 0 saturated carbocycles. The zero-order valence-electron chi connectivity index (χ0n) is 16.0. The number of hydrogen-bond donors (Lipinski definition) is 0. The maximum Gasteiger partial charge on any atom is 0.471 e. The molecule has 1 fully saturated rings. The van der Waals surface area contributed by atoms with Crippen LogP contribution >= 0.6 is 0 Å². The summed E-state index contributed by atoms with van der Waals surface area (Å²) in [6.45, 7) is 7.64. The second-order valence-corrected chi connectivity index (χ2v) is 7.45. The lowest BCUT2D eigenvalue weighted by Gasteiger charge is -2.44. The van der Waals surface area contributed by atoms with Crippen molar-refractivity contribution < 1.29 is 18.0 Å². The number of amides is 1. The molecule has 0 radical (unpaired) electrons. The van der Waals surface area contributed by atoms with Gasteiger partial charge in [0.05, 0.1) is 5.54 Å². The minimum Gasteiger partial charge on any atom is -0.329 e. The first-order chi connectivity index (χ1) is 12.4. The van der Waals surface area contributed by atoms with Crippen molar-refractivity contribution in [3.05, 3.63) is 25.3 Å². The molecule has 0 aromatic carbocycles. The molecule has 1 amide bonds. The maximum absolute atomic E-state index is 13.3. The average molecular weight is 374 g/mol. The molecule has 5 heteroatoms. The molecule has 150 valence electrons. The first-order valence-corrected chi connectivity index (χ1v) is 9.98. The van der Waals surface area contributed by atoms with Crippen LogP contribution in [0.15, 0.2) is 25.3 Å². The highest BCUT2D eigenvalue weighted by atomic mass is 19.4. The Morgan fingerprint density at radius 2 is 1.27 bits per heavy atom. The Morgan fingerprint density at radius 1 is 0.846 bits per heavy atom. The van der Waals surface area contributed by atoms with E-state index in [0.717, 1.165) is 43.4 Å². The average Bonchev–Trinajstić information content (AvgIpc) is 2.57. The van der Waals surface area contributed by atoms with Crippen LogP contribution < -0.4 is 0 Å². The number of rotatable bonds is 4. The van der Waals surface area contributed by atoms with E-state index in [1.807, 2.05) is 0 Å². The van der Waals surface area contributed by atoms with Crippen molar-refractivity contribution in [1.82, 2.24) is 4.90 Å². The minimum atomic E-state index is -4.85. The standard InChI is InChI=1S/C21H34F3NO/c1-3-15-20(16-4-2)17-13-11-9-7-5-6-8-10-12-14-18-25(20)19(26)21(22,23)24/h3-4H,1-2,5-18H2. The van der Waals surface area contributed by atoms with Crippen molar-refractivity contribution in [2.75, 3.05) is 6.54 Å². The Kier molecular flexibility index (Phi) is 10.0. The molecule has 0 bridgehead atoms. The Balaban J connectivity index is 3.11. The monoisotopic (exact) mass is 373 g/mol. The highest BCUT2D eigenvalue weighted by Gasteiger charge is 2.48. The first kappa shape index (κ1) is 22.8. The lowest BCUT2D eigenvalue weighted by molar-refractivity contribution is -0.192. The molecule has 0 spiro atoms. The predicted molar refractivity (Wildman–Crippen MR) is 101 cm³/mol. The molecule has 0 atom stereocenters. The summed E-state index contributed by atoms with van der Waals surface area (Å²) in [6, 6.07) is 0. The van der Waals surface area contributed by atoms with Crippen molar-refractivity contribution in [2.45, 2.75) is 95.2 Å². The van der Waals surface area contributed by atoms with E-state index in [-0.39, 0.29) is 6.54 Å². The number of nitrogens with zero attached hydrogens (tertiary/aromatic N) is 1. The van der Waals surface area contributed by atoms with E-state index in [1.54, 1.807) is 12.2 Å². The Labute approximate surface area is 156 Å². The van der Waals surface area contributed by atoms with Crippen molar-refractivity contribution in [3.8, 4) is 0 Å². The minimum absolute atomic E-state index is 0.153. The van der Waals surface area contributed by atoms with Gasteiger partial charge in [-0.15, -0.1) is 13.2 Å². The Bertz CT molecular complexity index is 435. The summed E-state index contributed by atoms with van der Waals surface area (Å²) in [7, 11) is 0. The van der Waals surface area contributed by atoms with Gasteiger partial charge in [-0.05, 0) is 25.7 Å². The Morgan fingerprint density at radius 3 is 1.69 bits per heavy atom. The summed E-state index contributed by atoms with van der Waals surface area (Å²) in [4.78, 5) is 13.4. The molecule has 1 saturated heterocycles. The molecular formula is C21H34F3NO. The van der Waals surface area contributed by atoms with Gasteiger partial charge in [0.15, 0.2) is 0 Å². The molecule has 0 N–H and O–H groups in total. The van der Waals surface area contributed by atoms with Gasteiger partial charge >= 0.3 is 12.1 Å². The SMILES string of the molecule is C=CCC1(CC=C)CCCCCCCCCCCCN1C(=O)C(F)(F)F. The fourth-order valence-corrected chi connectivity index (χ4v) is 4.03. The van der Waals surface area contributed by atoms with Gasteiger partial charge in [-0.2, -0.15) is 13.2 Å². The van der Waals surface area contributed by atoms with Crippen LogP contribution in [-0.2, 0) is 4.79 Å². The third kappa shape index (κ3) is 7.16. The van der Waals surface area contributed by atoms with Crippen LogP contribution in [0, 0.1) is 0 Å². The fraction of sp³-hybridized carbons (Fsp3) is 0.762. The summed E-state index contributed by atoms with van der Waals surface area (Å²) in [5.41, 5.74) is -0.861. The molecule has 1 aliphatic heterocycles. The summed E-state index contributed by atoms with van der Waals surface area (Å²) in [6.07, 6.45) is 9.87. The van der Waals surface area contributed by atoms with Gasteiger partial charge in [0, 0.05) is 6.54 Å². The molecule has 2 nitrogen and oxygen atoms in total. The summed E-state index contributed by atoms with van der Waals surface area (Å²) in [5.74, 6) is -1.71. The lowest BCUT2D eigenvalue weighted by Crippen LogP contribution is -2.56. The largest absolute Gasteiger partial charge is 0.471 e. The summed E-state index contributed by atoms with van der Waals surface area (Å²) >= 11 is 0. The van der Waals surface area contributed by atoms with E-state index in [9.17, 15) is 18.0 Å². The normalized spacial score (nSPS) is 20.8. The number of carbonyl (C=O) groups excluding carboxylic acids is 1. The quantitative estimate of drug-likeness (QED) is 0.510. The second-order valence-electron chi connectivity index (χ2n) is 7.45. The fourth-order valence-electron chi connectivity index (χ4n) is 4.03. The van der Waals surface area contributed by atoms with Crippen LogP contribution in [0.2, 0.25) is 0 Å². The Hall–Kier alpha value is -1.26.